The molecule has 2 heterocycles. The van der Waals surface area contributed by atoms with E-state index in [0.29, 0.717) is 11.6 Å². The van der Waals surface area contributed by atoms with Crippen molar-refractivity contribution in [3.8, 4) is 11.5 Å². The Morgan fingerprint density at radius 2 is 1.75 bits per heavy atom. The molecule has 5 nitrogen and oxygen atoms in total. The number of hydrogen-bond acceptors (Lipinski definition) is 5. The van der Waals surface area contributed by atoms with Crippen molar-refractivity contribution in [2.45, 2.75) is 13.8 Å². The Balaban J connectivity index is 2.17. The number of hydrazine groups is 1. The van der Waals surface area contributed by atoms with Gasteiger partial charge in [0.2, 0.25) is 0 Å². The van der Waals surface area contributed by atoms with Crippen LogP contribution in [-0.2, 0) is 0 Å². The molecule has 0 saturated heterocycles. The molecule has 5 heteroatoms. The number of nitrogen functional groups attached to an aromatic ring is 1. The van der Waals surface area contributed by atoms with E-state index in [2.05, 4.69) is 20.4 Å². The van der Waals surface area contributed by atoms with E-state index < -0.39 is 0 Å². The van der Waals surface area contributed by atoms with Crippen molar-refractivity contribution in [1.82, 2.24) is 15.0 Å². The first-order valence-corrected chi connectivity index (χ1v) is 6.37. The van der Waals surface area contributed by atoms with Crippen LogP contribution in [0.1, 0.15) is 11.3 Å². The Morgan fingerprint density at radius 3 is 2.55 bits per heavy atom. The number of hydrogen-bond donors (Lipinski definition) is 2. The van der Waals surface area contributed by atoms with Crippen LogP contribution < -0.4 is 11.3 Å². The lowest BCUT2D eigenvalue weighted by atomic mass is 10.2. The fourth-order valence-electron chi connectivity index (χ4n) is 2.07. The minimum Gasteiger partial charge on any atom is -0.308 e. The highest BCUT2D eigenvalue weighted by Crippen LogP contribution is 2.22. The van der Waals surface area contributed by atoms with Gasteiger partial charge in [-0.15, -0.1) is 0 Å². The highest BCUT2D eigenvalue weighted by molar-refractivity contribution is 5.80. The van der Waals surface area contributed by atoms with Gasteiger partial charge in [0.1, 0.15) is 11.5 Å². The highest BCUT2D eigenvalue weighted by atomic mass is 15.3. The van der Waals surface area contributed by atoms with Gasteiger partial charge in [0.05, 0.1) is 5.52 Å². The number of aryl methyl sites for hydroxylation is 1. The number of nitrogens with zero attached hydrogens (tertiary/aromatic N) is 3. The number of anilines is 1. The number of benzene rings is 1. The Hall–Kier alpha value is -2.53. The SMILES string of the molecule is Cc1nc(-c2ccc3ccccc3n2)nc(NN)c1C. The van der Waals surface area contributed by atoms with Crippen LogP contribution >= 0.6 is 0 Å². The van der Waals surface area contributed by atoms with Crippen molar-refractivity contribution >= 4 is 16.7 Å². The van der Waals surface area contributed by atoms with Gasteiger partial charge in [-0.1, -0.05) is 24.3 Å². The van der Waals surface area contributed by atoms with Crippen molar-refractivity contribution < 1.29 is 0 Å². The molecular weight excluding hydrogens is 250 g/mol. The van der Waals surface area contributed by atoms with Gasteiger partial charge in [-0.05, 0) is 26.0 Å². The van der Waals surface area contributed by atoms with E-state index >= 15 is 0 Å². The molecule has 20 heavy (non-hydrogen) atoms. The number of pyridine rings is 1. The molecule has 0 radical (unpaired) electrons. The molecule has 0 bridgehead atoms. The van der Waals surface area contributed by atoms with Gasteiger partial charge >= 0.3 is 0 Å². The summed E-state index contributed by atoms with van der Waals surface area (Å²) in [5.74, 6) is 6.70. The number of para-hydroxylation sites is 1. The largest absolute Gasteiger partial charge is 0.308 e. The average Bonchev–Trinajstić information content (AvgIpc) is 2.49. The number of fused-ring (bicyclic) bond motifs is 1. The van der Waals surface area contributed by atoms with Crippen LogP contribution in [0.25, 0.3) is 22.4 Å². The summed E-state index contributed by atoms with van der Waals surface area (Å²) >= 11 is 0. The maximum Gasteiger partial charge on any atom is 0.180 e. The fraction of sp³-hybridized carbons (Fsp3) is 0.133. The van der Waals surface area contributed by atoms with Gasteiger partial charge in [-0.2, -0.15) is 0 Å². The lowest BCUT2D eigenvalue weighted by molar-refractivity contribution is 1.05. The fourth-order valence-corrected chi connectivity index (χ4v) is 2.07. The summed E-state index contributed by atoms with van der Waals surface area (Å²) in [6.07, 6.45) is 0. The molecule has 3 aromatic rings. The number of nitrogens with two attached hydrogens (primary N) is 1. The van der Waals surface area contributed by atoms with Crippen LogP contribution in [0.15, 0.2) is 36.4 Å². The zero-order chi connectivity index (χ0) is 14.1. The minimum atomic E-state index is 0.576. The first-order chi connectivity index (χ1) is 9.69. The van der Waals surface area contributed by atoms with Crippen LogP contribution in [0.4, 0.5) is 5.82 Å². The van der Waals surface area contributed by atoms with E-state index in [1.807, 2.05) is 50.2 Å². The lowest BCUT2D eigenvalue weighted by Gasteiger charge is -2.09. The van der Waals surface area contributed by atoms with Crippen molar-refractivity contribution in [2.24, 2.45) is 5.84 Å². The Morgan fingerprint density at radius 1 is 0.950 bits per heavy atom. The highest BCUT2D eigenvalue weighted by Gasteiger charge is 2.10. The van der Waals surface area contributed by atoms with Gasteiger partial charge in [0.15, 0.2) is 5.82 Å². The summed E-state index contributed by atoms with van der Waals surface area (Å²) in [5.41, 5.74) is 6.10. The van der Waals surface area contributed by atoms with E-state index in [1.165, 1.54) is 0 Å². The second kappa shape index (κ2) is 4.86. The zero-order valence-electron chi connectivity index (χ0n) is 11.4. The van der Waals surface area contributed by atoms with Crippen molar-refractivity contribution in [3.63, 3.8) is 0 Å². The summed E-state index contributed by atoms with van der Waals surface area (Å²) in [5, 5.41) is 1.09. The van der Waals surface area contributed by atoms with Crippen LogP contribution in [0.2, 0.25) is 0 Å². The van der Waals surface area contributed by atoms with Crippen LogP contribution in [0.3, 0.4) is 0 Å². The smallest absolute Gasteiger partial charge is 0.180 e. The number of nitrogens with one attached hydrogen (secondary N) is 1. The second-order valence-corrected chi connectivity index (χ2v) is 4.64. The van der Waals surface area contributed by atoms with Crippen LogP contribution in [0.5, 0.6) is 0 Å². The average molecular weight is 265 g/mol. The molecule has 3 rings (SSSR count). The summed E-state index contributed by atoms with van der Waals surface area (Å²) in [7, 11) is 0. The molecule has 3 N–H and O–H groups in total. The second-order valence-electron chi connectivity index (χ2n) is 4.64. The molecule has 0 spiro atoms. The third-order valence-electron chi connectivity index (χ3n) is 3.35. The minimum absolute atomic E-state index is 0.576. The van der Waals surface area contributed by atoms with E-state index in [0.717, 1.165) is 27.9 Å². The predicted molar refractivity (Wildman–Crippen MR) is 80.1 cm³/mol. The third-order valence-corrected chi connectivity index (χ3v) is 3.35. The van der Waals surface area contributed by atoms with Gasteiger partial charge in [0, 0.05) is 16.6 Å². The van der Waals surface area contributed by atoms with Crippen molar-refractivity contribution in [2.75, 3.05) is 5.43 Å². The maximum atomic E-state index is 5.50. The van der Waals surface area contributed by atoms with E-state index in [1.54, 1.807) is 0 Å². The molecule has 0 aliphatic rings. The van der Waals surface area contributed by atoms with Crippen LogP contribution in [0, 0.1) is 13.8 Å². The van der Waals surface area contributed by atoms with Gasteiger partial charge in [-0.25, -0.2) is 20.8 Å². The molecule has 0 atom stereocenters. The van der Waals surface area contributed by atoms with E-state index in [-0.39, 0.29) is 0 Å². The Labute approximate surface area is 116 Å². The maximum absolute atomic E-state index is 5.50. The standard InChI is InChI=1S/C15H15N5/c1-9-10(2)17-15(19-14(9)20-16)13-8-7-11-5-3-4-6-12(11)18-13/h3-8H,16H2,1-2H3,(H,17,19,20). The molecule has 0 saturated carbocycles. The lowest BCUT2D eigenvalue weighted by Crippen LogP contribution is -2.12. The molecule has 0 unspecified atom stereocenters. The summed E-state index contributed by atoms with van der Waals surface area (Å²) in [6, 6.07) is 11.9. The van der Waals surface area contributed by atoms with E-state index in [4.69, 9.17) is 5.84 Å². The number of aromatic nitrogens is 3. The molecule has 0 aliphatic heterocycles. The van der Waals surface area contributed by atoms with Gasteiger partial charge < -0.3 is 5.43 Å². The van der Waals surface area contributed by atoms with E-state index in [9.17, 15) is 0 Å². The first-order valence-electron chi connectivity index (χ1n) is 6.37. The molecule has 2 aromatic heterocycles. The van der Waals surface area contributed by atoms with Crippen molar-refractivity contribution in [3.05, 3.63) is 47.7 Å². The Kier molecular flexibility index (Phi) is 3.04. The monoisotopic (exact) mass is 265 g/mol. The summed E-state index contributed by atoms with van der Waals surface area (Å²) in [6.45, 7) is 3.87. The molecule has 0 fully saturated rings. The number of rotatable bonds is 2. The quantitative estimate of drug-likeness (QED) is 0.550. The summed E-state index contributed by atoms with van der Waals surface area (Å²) < 4.78 is 0. The predicted octanol–water partition coefficient (Wildman–Crippen LogP) is 2.59. The zero-order valence-corrected chi connectivity index (χ0v) is 11.4. The molecule has 0 aliphatic carbocycles. The summed E-state index contributed by atoms with van der Waals surface area (Å²) in [4.78, 5) is 13.5. The van der Waals surface area contributed by atoms with Crippen molar-refractivity contribution in [1.29, 1.82) is 0 Å². The molecule has 0 amide bonds. The van der Waals surface area contributed by atoms with Crippen LogP contribution in [-0.4, -0.2) is 15.0 Å². The first kappa shape index (κ1) is 12.5. The molecule has 1 aromatic carbocycles. The Bertz CT molecular complexity index is 782. The third kappa shape index (κ3) is 2.08. The van der Waals surface area contributed by atoms with Gasteiger partial charge in [-0.3, -0.25) is 0 Å². The van der Waals surface area contributed by atoms with Gasteiger partial charge in [0.25, 0.3) is 0 Å². The normalized spacial score (nSPS) is 10.8. The molecule has 100 valence electrons. The topological polar surface area (TPSA) is 76.7 Å². The molecular formula is C15H15N5.